The molecule has 0 amide bonds. The zero-order valence-corrected chi connectivity index (χ0v) is 61.1. The molecule has 4 nitrogen and oxygen atoms in total. The van der Waals surface area contributed by atoms with Gasteiger partial charge in [0, 0.05) is 44.0 Å². The van der Waals surface area contributed by atoms with Crippen LogP contribution in [0, 0.1) is 6.92 Å². The van der Waals surface area contributed by atoms with Gasteiger partial charge in [-0.25, -0.2) is 0 Å². The molecule has 0 saturated carbocycles. The first kappa shape index (κ1) is 63.6. The highest BCUT2D eigenvalue weighted by molar-refractivity contribution is 7.20. The van der Waals surface area contributed by atoms with E-state index in [4.69, 9.17) is 8.83 Å². The molecule has 2 heterocycles. The van der Waals surface area contributed by atoms with E-state index < -0.39 is 13.5 Å². The van der Waals surface area contributed by atoms with E-state index in [0.29, 0.717) is 0 Å². The quantitative estimate of drug-likeness (QED) is 0.0901. The van der Waals surface area contributed by atoms with Crippen molar-refractivity contribution in [1.29, 1.82) is 0 Å². The van der Waals surface area contributed by atoms with E-state index in [9.17, 15) is 0 Å². The number of furan rings is 2. The molecule has 0 bridgehead atoms. The highest BCUT2D eigenvalue weighted by Gasteiger charge is 2.49. The molecule has 105 heavy (non-hydrogen) atoms. The van der Waals surface area contributed by atoms with Crippen molar-refractivity contribution >= 4 is 139 Å². The van der Waals surface area contributed by atoms with Crippen LogP contribution in [-0.2, 0) is 16.2 Å². The van der Waals surface area contributed by atoms with Crippen LogP contribution < -0.4 is 30.5 Å². The first-order valence-electron chi connectivity index (χ1n) is 36.8. The first-order valence-corrected chi connectivity index (χ1v) is 38.8. The molecule has 0 radical (unpaired) electrons. The fourth-order valence-electron chi connectivity index (χ4n) is 17.5. The van der Waals surface area contributed by atoms with Gasteiger partial charge < -0.3 is 18.6 Å². The number of benzene rings is 16. The van der Waals surface area contributed by atoms with Crippen molar-refractivity contribution in [3.63, 3.8) is 0 Å². The molecule has 0 fully saturated rings. The van der Waals surface area contributed by atoms with Gasteiger partial charge in [-0.1, -0.05) is 320 Å². The number of rotatable bonds is 12. The van der Waals surface area contributed by atoms with Crippen molar-refractivity contribution in [2.24, 2.45) is 0 Å². The van der Waals surface area contributed by atoms with Gasteiger partial charge in [-0.05, 0) is 183 Å². The molecule has 1 aliphatic rings. The monoisotopic (exact) mass is 1370 g/mol. The molecule has 0 unspecified atom stereocenters. The van der Waals surface area contributed by atoms with Gasteiger partial charge in [0.25, 0.3) is 0 Å². The maximum absolute atomic E-state index is 7.54. The molecule has 0 aliphatic heterocycles. The van der Waals surface area contributed by atoms with Crippen molar-refractivity contribution in [2.45, 2.75) is 64.7 Å². The van der Waals surface area contributed by atoms with Gasteiger partial charge in [0.05, 0.1) is 22.5 Å². The van der Waals surface area contributed by atoms with E-state index in [1.54, 1.807) is 0 Å². The second kappa shape index (κ2) is 24.4. The van der Waals surface area contributed by atoms with E-state index in [0.717, 1.165) is 99.5 Å². The average Bonchev–Trinajstić information content (AvgIpc) is 1.51. The molecular weight excluding hydrogens is 1290 g/mol. The Morgan fingerprint density at radius 1 is 0.295 bits per heavy atom. The number of para-hydroxylation sites is 2. The lowest BCUT2D eigenvalue weighted by Crippen LogP contribution is -2.74. The Bertz CT molecular complexity index is 6280. The Hall–Kier alpha value is -12.3. The highest BCUT2D eigenvalue weighted by Crippen LogP contribution is 2.62. The van der Waals surface area contributed by atoms with Gasteiger partial charge in [0.1, 0.15) is 11.2 Å². The third kappa shape index (κ3) is 10.1. The number of aryl methyl sites for hydroxylation is 1. The van der Waals surface area contributed by atoms with Crippen LogP contribution in [0.25, 0.3) is 87.3 Å². The predicted octanol–water partition coefficient (Wildman–Crippen LogP) is 24.5. The number of fused-ring (bicyclic) bond motifs is 13. The first-order chi connectivity index (χ1) is 51.2. The largest absolute Gasteiger partial charge is 0.454 e. The van der Waals surface area contributed by atoms with Gasteiger partial charge in [0.15, 0.2) is 19.2 Å². The summed E-state index contributed by atoms with van der Waals surface area (Å²) in [5.74, 6) is 0. The maximum Gasteiger partial charge on any atom is 0.179 e. The minimum Gasteiger partial charge on any atom is -0.454 e. The molecule has 19 rings (SSSR count). The Labute approximate surface area is 614 Å². The summed E-state index contributed by atoms with van der Waals surface area (Å²) in [6.45, 7) is 16.1. The molecule has 0 saturated heterocycles. The van der Waals surface area contributed by atoms with E-state index >= 15 is 0 Å². The summed E-state index contributed by atoms with van der Waals surface area (Å²) in [5.41, 5.74) is 19.1. The van der Waals surface area contributed by atoms with Gasteiger partial charge in [0.2, 0.25) is 0 Å². The van der Waals surface area contributed by atoms with Crippen molar-refractivity contribution in [3.05, 3.63) is 385 Å². The van der Waals surface area contributed by atoms with Crippen molar-refractivity contribution < 1.29 is 8.83 Å². The topological polar surface area (TPSA) is 32.8 Å². The molecule has 1 aliphatic carbocycles. The van der Waals surface area contributed by atoms with Crippen LogP contribution in [0.2, 0.25) is 0 Å². The van der Waals surface area contributed by atoms with E-state index in [1.165, 1.54) is 81.6 Å². The molecule has 0 N–H and O–H groups in total. The van der Waals surface area contributed by atoms with Crippen LogP contribution in [0.5, 0.6) is 0 Å². The Morgan fingerprint density at radius 3 is 1.27 bits per heavy atom. The lowest BCUT2D eigenvalue weighted by atomic mass is 9.66. The Morgan fingerprint density at radius 2 is 0.733 bits per heavy atom. The van der Waals surface area contributed by atoms with Gasteiger partial charge in [-0.2, -0.15) is 0 Å². The predicted molar refractivity (Wildman–Crippen MR) is 446 cm³/mol. The van der Waals surface area contributed by atoms with Crippen LogP contribution in [0.1, 0.15) is 80.5 Å². The van der Waals surface area contributed by atoms with Crippen LogP contribution in [0.15, 0.2) is 355 Å². The molecular formula is C100H78N2O2Si. The normalized spacial score (nSPS) is 13.0. The number of hydrogen-bond donors (Lipinski definition) is 0. The zero-order valence-electron chi connectivity index (χ0n) is 60.1. The Balaban J connectivity index is 0.904. The Kier molecular flexibility index (Phi) is 14.8. The molecule has 16 aromatic carbocycles. The van der Waals surface area contributed by atoms with Gasteiger partial charge >= 0.3 is 0 Å². The van der Waals surface area contributed by atoms with Crippen LogP contribution in [0.3, 0.4) is 0 Å². The minimum absolute atomic E-state index is 0.102. The second-order valence-electron chi connectivity index (χ2n) is 30.8. The van der Waals surface area contributed by atoms with Gasteiger partial charge in [-0.15, -0.1) is 0 Å². The SMILES string of the molecule is Cc1ccc2oc3c(N(c4ccc5c(c4)C(c4ccc(C(C)(C)C)cc4)(c4ccc(C(C)(C)C)cc4)c4cc(N(c6ccc7ccccc7c6)c6cccc7c6oc6ccc([Si](c8ccccc8)(c8ccccc8)c8ccccc8)cc67)c6ccccc6c4-5)c4ccc5ccccc5c4)cccc3c2c1. The summed E-state index contributed by atoms with van der Waals surface area (Å²) in [4.78, 5) is 4.96. The second-order valence-corrected chi connectivity index (χ2v) is 34.6. The lowest BCUT2D eigenvalue weighted by Gasteiger charge is -2.37. The van der Waals surface area contributed by atoms with Crippen molar-refractivity contribution in [1.82, 2.24) is 0 Å². The summed E-state index contributed by atoms with van der Waals surface area (Å²) in [6.07, 6.45) is 0. The summed E-state index contributed by atoms with van der Waals surface area (Å²) >= 11 is 0. The molecule has 0 atom stereocenters. The summed E-state index contributed by atoms with van der Waals surface area (Å²) in [5, 5.41) is 16.5. The molecule has 18 aromatic rings. The fourth-order valence-corrected chi connectivity index (χ4v) is 22.3. The average molecular weight is 1370 g/mol. The third-order valence-corrected chi connectivity index (χ3v) is 27.4. The lowest BCUT2D eigenvalue weighted by molar-refractivity contribution is 0.588. The molecule has 504 valence electrons. The van der Waals surface area contributed by atoms with Crippen molar-refractivity contribution in [3.8, 4) is 11.1 Å². The third-order valence-electron chi connectivity index (χ3n) is 22.6. The highest BCUT2D eigenvalue weighted by atomic mass is 28.3. The number of hydrogen-bond acceptors (Lipinski definition) is 4. The smallest absolute Gasteiger partial charge is 0.179 e. The van der Waals surface area contributed by atoms with E-state index in [2.05, 4.69) is 404 Å². The number of nitrogens with zero attached hydrogens (tertiary/aromatic N) is 2. The molecule has 5 heteroatoms. The van der Waals surface area contributed by atoms with Crippen LogP contribution >= 0.6 is 0 Å². The summed E-state index contributed by atoms with van der Waals surface area (Å²) < 4.78 is 14.6. The van der Waals surface area contributed by atoms with Crippen LogP contribution in [0.4, 0.5) is 34.1 Å². The van der Waals surface area contributed by atoms with Crippen LogP contribution in [-0.4, -0.2) is 8.07 Å². The molecule has 0 spiro atoms. The summed E-state index contributed by atoms with van der Waals surface area (Å²) in [7, 11) is -2.94. The summed E-state index contributed by atoms with van der Waals surface area (Å²) in [6, 6.07) is 130. The number of anilines is 6. The van der Waals surface area contributed by atoms with Gasteiger partial charge in [-0.3, -0.25) is 0 Å². The fraction of sp³-hybridized carbons (Fsp3) is 0.100. The van der Waals surface area contributed by atoms with E-state index in [1.807, 2.05) is 0 Å². The van der Waals surface area contributed by atoms with Crippen molar-refractivity contribution in [2.75, 3.05) is 9.80 Å². The maximum atomic E-state index is 7.54. The molecule has 2 aromatic heterocycles. The standard InChI is InChI=1S/C100H78N2O2Si/c1-65-41-57-93-86(59-65)83-37-23-39-90(96(83)103-93)101(74-52-42-66-25-17-19-27-68(66)60-74)76-54-56-85-88(62-76)100(72-48-44-70(45-49-72)98(2,3)4,73-50-46-71(47-51-73)99(5,6)7)89-64-92(81-35-21-22-36-82(81)95(85)89)102(75-53-43-67-26-18-20-28-69(67)61-75)91-40-24-38-84-87-63-80(55-58-94(87)104-97(84)91)105(77-29-11-8-12-30-77,78-31-13-9-14-32-78)79-33-15-10-16-34-79/h8-64H,1-7H3. The van der Waals surface area contributed by atoms with E-state index in [-0.39, 0.29) is 10.8 Å². The minimum atomic E-state index is -2.94. The zero-order chi connectivity index (χ0) is 70.9.